The van der Waals surface area contributed by atoms with Crippen molar-refractivity contribution in [3.05, 3.63) is 0 Å². The van der Waals surface area contributed by atoms with E-state index in [2.05, 4.69) is 10.2 Å². The number of rotatable bonds is 3. The molecule has 4 nitrogen and oxygen atoms in total. The molecule has 2 heterocycles. The van der Waals surface area contributed by atoms with Crippen molar-refractivity contribution in [1.29, 1.82) is 0 Å². The summed E-state index contributed by atoms with van der Waals surface area (Å²) in [5, 5.41) is 3.37. The molecule has 0 aliphatic carbocycles. The van der Waals surface area contributed by atoms with E-state index in [1.165, 1.54) is 26.5 Å². The molecule has 4 heteroatoms. The van der Waals surface area contributed by atoms with E-state index in [0.29, 0.717) is 12.5 Å². The lowest BCUT2D eigenvalue weighted by Gasteiger charge is -2.34. The summed E-state index contributed by atoms with van der Waals surface area (Å²) in [6.45, 7) is 2.30. The number of fused-ring (bicyclic) bond motifs is 1. The number of hydrogen-bond donors (Lipinski definition) is 1. The maximum atomic E-state index is 11.4. The summed E-state index contributed by atoms with van der Waals surface area (Å²) in [4.78, 5) is 13.9. The Kier molecular flexibility index (Phi) is 2.98. The number of likely N-dealkylation sites (N-methyl/N-ethyl adjacent to an activating group) is 1. The normalized spacial score (nSPS) is 35.5. The Morgan fingerprint density at radius 3 is 3.07 bits per heavy atom. The van der Waals surface area contributed by atoms with Crippen LogP contribution in [0.25, 0.3) is 0 Å². The lowest BCUT2D eigenvalue weighted by atomic mass is 9.85. The summed E-state index contributed by atoms with van der Waals surface area (Å²) < 4.78 is 4.79. The van der Waals surface area contributed by atoms with Crippen LogP contribution in [0.5, 0.6) is 0 Å². The average Bonchev–Trinajstić information content (AvgIpc) is 2.82. The molecule has 2 aliphatic heterocycles. The average molecular weight is 212 g/mol. The number of hydrogen-bond acceptors (Lipinski definition) is 4. The standard InChI is InChI=1S/C11H20N2O2/c1-12-11(8-10(14)15-2)5-7-13-6-3-4-9(11)13/h9,12H,3-8H2,1-2H3. The maximum absolute atomic E-state index is 11.4. The highest BCUT2D eigenvalue weighted by Gasteiger charge is 2.49. The van der Waals surface area contributed by atoms with Crippen LogP contribution >= 0.6 is 0 Å². The van der Waals surface area contributed by atoms with E-state index in [-0.39, 0.29) is 11.5 Å². The predicted molar refractivity (Wildman–Crippen MR) is 57.6 cm³/mol. The van der Waals surface area contributed by atoms with Crippen molar-refractivity contribution in [1.82, 2.24) is 10.2 Å². The molecule has 0 saturated carbocycles. The van der Waals surface area contributed by atoms with E-state index in [1.54, 1.807) is 0 Å². The van der Waals surface area contributed by atoms with Gasteiger partial charge < -0.3 is 10.1 Å². The lowest BCUT2D eigenvalue weighted by molar-refractivity contribution is -0.142. The third-order valence-electron chi connectivity index (χ3n) is 4.03. The number of methoxy groups -OCH3 is 1. The van der Waals surface area contributed by atoms with Crippen LogP contribution in [-0.4, -0.2) is 49.7 Å². The first kappa shape index (κ1) is 10.9. The van der Waals surface area contributed by atoms with Gasteiger partial charge in [-0.1, -0.05) is 0 Å². The summed E-state index contributed by atoms with van der Waals surface area (Å²) in [5.74, 6) is -0.0990. The lowest BCUT2D eigenvalue weighted by Crippen LogP contribution is -2.52. The zero-order valence-electron chi connectivity index (χ0n) is 9.58. The van der Waals surface area contributed by atoms with Crippen LogP contribution in [0, 0.1) is 0 Å². The zero-order valence-corrected chi connectivity index (χ0v) is 9.58. The van der Waals surface area contributed by atoms with Gasteiger partial charge in [-0.2, -0.15) is 0 Å². The number of carbonyl (C=O) groups excluding carboxylic acids is 1. The monoisotopic (exact) mass is 212 g/mol. The van der Waals surface area contributed by atoms with Crippen molar-refractivity contribution in [3.63, 3.8) is 0 Å². The van der Waals surface area contributed by atoms with Crippen LogP contribution < -0.4 is 5.32 Å². The smallest absolute Gasteiger partial charge is 0.307 e. The molecule has 2 fully saturated rings. The minimum absolute atomic E-state index is 0.0381. The number of esters is 1. The quantitative estimate of drug-likeness (QED) is 0.687. The summed E-state index contributed by atoms with van der Waals surface area (Å²) in [6.07, 6.45) is 4.03. The van der Waals surface area contributed by atoms with Crippen molar-refractivity contribution in [2.75, 3.05) is 27.2 Å². The molecule has 0 aromatic rings. The molecule has 0 aromatic heterocycles. The van der Waals surface area contributed by atoms with E-state index in [0.717, 1.165) is 13.0 Å². The fraction of sp³-hybridized carbons (Fsp3) is 0.909. The Morgan fingerprint density at radius 1 is 1.60 bits per heavy atom. The predicted octanol–water partition coefficient (Wildman–Crippen LogP) is 0.376. The second-order valence-corrected chi connectivity index (χ2v) is 4.60. The first-order valence-electron chi connectivity index (χ1n) is 5.71. The van der Waals surface area contributed by atoms with Gasteiger partial charge in [0.25, 0.3) is 0 Å². The molecule has 2 saturated heterocycles. The van der Waals surface area contributed by atoms with Gasteiger partial charge in [0.1, 0.15) is 0 Å². The van der Waals surface area contributed by atoms with E-state index in [1.807, 2.05) is 7.05 Å². The molecule has 86 valence electrons. The van der Waals surface area contributed by atoms with Crippen molar-refractivity contribution < 1.29 is 9.53 Å². The molecule has 2 atom stereocenters. The number of carbonyl (C=O) groups is 1. The first-order valence-corrected chi connectivity index (χ1v) is 5.71. The second kappa shape index (κ2) is 4.10. The fourth-order valence-corrected chi connectivity index (χ4v) is 3.15. The number of nitrogens with one attached hydrogen (secondary N) is 1. The van der Waals surface area contributed by atoms with Gasteiger partial charge in [0.05, 0.1) is 13.5 Å². The van der Waals surface area contributed by atoms with Crippen LogP contribution in [0.4, 0.5) is 0 Å². The van der Waals surface area contributed by atoms with Crippen LogP contribution in [0.2, 0.25) is 0 Å². The molecule has 0 spiro atoms. The Hall–Kier alpha value is -0.610. The van der Waals surface area contributed by atoms with Crippen LogP contribution in [0.3, 0.4) is 0 Å². The van der Waals surface area contributed by atoms with Gasteiger partial charge in [-0.05, 0) is 32.9 Å². The highest BCUT2D eigenvalue weighted by atomic mass is 16.5. The molecule has 0 aromatic carbocycles. The molecular formula is C11H20N2O2. The summed E-state index contributed by atoms with van der Waals surface area (Å²) in [5.41, 5.74) is -0.0381. The number of nitrogens with zero attached hydrogens (tertiary/aromatic N) is 1. The van der Waals surface area contributed by atoms with Crippen molar-refractivity contribution >= 4 is 5.97 Å². The van der Waals surface area contributed by atoms with Crippen molar-refractivity contribution in [3.8, 4) is 0 Å². The van der Waals surface area contributed by atoms with Crippen LogP contribution in [-0.2, 0) is 9.53 Å². The largest absolute Gasteiger partial charge is 0.469 e. The first-order chi connectivity index (χ1) is 7.22. The second-order valence-electron chi connectivity index (χ2n) is 4.60. The molecule has 1 N–H and O–H groups in total. The molecule has 2 rings (SSSR count). The van der Waals surface area contributed by atoms with E-state index in [4.69, 9.17) is 4.74 Å². The minimum Gasteiger partial charge on any atom is -0.469 e. The topological polar surface area (TPSA) is 41.6 Å². The molecule has 0 bridgehead atoms. The van der Waals surface area contributed by atoms with E-state index < -0.39 is 0 Å². The van der Waals surface area contributed by atoms with Crippen molar-refractivity contribution in [2.45, 2.75) is 37.3 Å². The van der Waals surface area contributed by atoms with Gasteiger partial charge in [0.15, 0.2) is 0 Å². The fourth-order valence-electron chi connectivity index (χ4n) is 3.15. The SMILES string of the molecule is CNC1(CC(=O)OC)CCN2CCCC21. The van der Waals surface area contributed by atoms with Gasteiger partial charge in [-0.25, -0.2) is 0 Å². The van der Waals surface area contributed by atoms with Crippen LogP contribution in [0.1, 0.15) is 25.7 Å². The zero-order chi connectivity index (χ0) is 10.9. The van der Waals surface area contributed by atoms with Gasteiger partial charge in [0, 0.05) is 18.1 Å². The minimum atomic E-state index is -0.0990. The van der Waals surface area contributed by atoms with Crippen LogP contribution in [0.15, 0.2) is 0 Å². The summed E-state index contributed by atoms with van der Waals surface area (Å²) in [6, 6.07) is 0.529. The third-order valence-corrected chi connectivity index (χ3v) is 4.03. The molecule has 2 unspecified atom stereocenters. The summed E-state index contributed by atoms with van der Waals surface area (Å²) in [7, 11) is 3.43. The molecule has 0 radical (unpaired) electrons. The van der Waals surface area contributed by atoms with Gasteiger partial charge in [-0.15, -0.1) is 0 Å². The molecular weight excluding hydrogens is 192 g/mol. The highest BCUT2D eigenvalue weighted by Crippen LogP contribution is 2.38. The Bertz CT molecular complexity index is 257. The Morgan fingerprint density at radius 2 is 2.40 bits per heavy atom. The van der Waals surface area contributed by atoms with Crippen molar-refractivity contribution in [2.24, 2.45) is 0 Å². The Balaban J connectivity index is 2.10. The van der Waals surface area contributed by atoms with E-state index in [9.17, 15) is 4.79 Å². The highest BCUT2D eigenvalue weighted by molar-refractivity contribution is 5.71. The summed E-state index contributed by atoms with van der Waals surface area (Å²) >= 11 is 0. The molecule has 2 aliphatic rings. The van der Waals surface area contributed by atoms with Gasteiger partial charge in [-0.3, -0.25) is 9.69 Å². The Labute approximate surface area is 91.0 Å². The van der Waals surface area contributed by atoms with Gasteiger partial charge in [0.2, 0.25) is 0 Å². The molecule has 0 amide bonds. The third kappa shape index (κ3) is 1.76. The van der Waals surface area contributed by atoms with E-state index >= 15 is 0 Å². The maximum Gasteiger partial charge on any atom is 0.307 e. The molecule has 15 heavy (non-hydrogen) atoms. The number of ether oxygens (including phenoxy) is 1. The van der Waals surface area contributed by atoms with Gasteiger partial charge >= 0.3 is 5.97 Å².